The van der Waals surface area contributed by atoms with Gasteiger partial charge in [0.25, 0.3) is 5.22 Å². The summed E-state index contributed by atoms with van der Waals surface area (Å²) in [6.07, 6.45) is 2.27. The smallest absolute Gasteiger partial charge is 0.257 e. The third-order valence-corrected chi connectivity index (χ3v) is 5.71. The lowest BCUT2D eigenvalue weighted by Gasteiger charge is -2.22. The Labute approximate surface area is 171 Å². The highest BCUT2D eigenvalue weighted by atomic mass is 35.5. The molecule has 5 nitrogen and oxygen atoms in total. The lowest BCUT2D eigenvalue weighted by Crippen LogP contribution is -2.22. The third kappa shape index (κ3) is 4.18. The molecule has 1 N–H and O–H groups in total. The number of carbonyl (C=O) groups excluding carboxylic acids is 1. The van der Waals surface area contributed by atoms with Gasteiger partial charge in [0.2, 0.25) is 5.91 Å². The fraction of sp³-hybridized carbons (Fsp3) is 0.263. The van der Waals surface area contributed by atoms with Crippen molar-refractivity contribution < 1.29 is 9.21 Å². The van der Waals surface area contributed by atoms with E-state index in [1.165, 1.54) is 11.8 Å². The van der Waals surface area contributed by atoms with E-state index in [0.717, 1.165) is 37.3 Å². The number of benzene rings is 2. The van der Waals surface area contributed by atoms with E-state index >= 15 is 0 Å². The Hall–Kier alpha value is -1.89. The van der Waals surface area contributed by atoms with Crippen LogP contribution in [0.15, 0.2) is 46.0 Å². The summed E-state index contributed by atoms with van der Waals surface area (Å²) in [6.45, 7) is 1.90. The number of hydrogen-bond donors (Lipinski definition) is 1. The number of carbonyl (C=O) groups is 1. The number of thioether (sulfide) groups is 1. The van der Waals surface area contributed by atoms with Crippen LogP contribution in [-0.2, 0) is 4.79 Å². The van der Waals surface area contributed by atoms with E-state index in [4.69, 9.17) is 27.6 Å². The van der Waals surface area contributed by atoms with Crippen LogP contribution in [0.25, 0.3) is 11.1 Å². The van der Waals surface area contributed by atoms with Gasteiger partial charge in [-0.1, -0.05) is 41.0 Å². The van der Waals surface area contributed by atoms with Crippen LogP contribution in [0, 0.1) is 0 Å². The second-order valence-corrected chi connectivity index (χ2v) is 8.03. The molecular weight excluding hydrogens is 405 g/mol. The van der Waals surface area contributed by atoms with E-state index in [9.17, 15) is 4.79 Å². The Bertz CT molecular complexity index is 986. The van der Waals surface area contributed by atoms with Crippen LogP contribution < -0.4 is 10.2 Å². The molecule has 1 aliphatic rings. The summed E-state index contributed by atoms with van der Waals surface area (Å²) in [7, 11) is 0. The molecule has 0 spiro atoms. The number of nitrogens with one attached hydrogen (secondary N) is 1. The molecule has 0 unspecified atom stereocenters. The zero-order valence-corrected chi connectivity index (χ0v) is 16.7. The Balaban J connectivity index is 1.44. The van der Waals surface area contributed by atoms with Crippen LogP contribution in [0.4, 0.5) is 11.4 Å². The van der Waals surface area contributed by atoms with E-state index in [0.29, 0.717) is 26.4 Å². The molecule has 0 saturated carbocycles. The molecule has 140 valence electrons. The normalized spacial score (nSPS) is 14.1. The van der Waals surface area contributed by atoms with Crippen LogP contribution in [0.2, 0.25) is 10.0 Å². The molecule has 1 fully saturated rings. The van der Waals surface area contributed by atoms with Crippen LogP contribution in [-0.4, -0.2) is 29.7 Å². The second-order valence-electron chi connectivity index (χ2n) is 6.26. The van der Waals surface area contributed by atoms with Gasteiger partial charge in [0.15, 0.2) is 5.58 Å². The van der Waals surface area contributed by atoms with E-state index < -0.39 is 0 Å². The van der Waals surface area contributed by atoms with E-state index in [-0.39, 0.29) is 11.7 Å². The largest absolute Gasteiger partial charge is 0.431 e. The standard InChI is InChI=1S/C19H17Cl2N3O2S/c20-12-6-7-16-15(10-12)23-19(26-16)27-11-17(25)22-14-5-3-4-13(21)18(14)24-8-1-2-9-24/h3-7,10H,1-2,8-9,11H2,(H,22,25). The monoisotopic (exact) mass is 421 g/mol. The molecule has 2 aromatic carbocycles. The summed E-state index contributed by atoms with van der Waals surface area (Å²) in [5.74, 6) is 0.0509. The highest BCUT2D eigenvalue weighted by Gasteiger charge is 2.20. The van der Waals surface area contributed by atoms with Crippen LogP contribution >= 0.6 is 35.0 Å². The first-order valence-corrected chi connectivity index (χ1v) is 10.4. The van der Waals surface area contributed by atoms with Gasteiger partial charge in [0, 0.05) is 18.1 Å². The summed E-state index contributed by atoms with van der Waals surface area (Å²) < 4.78 is 5.63. The van der Waals surface area contributed by atoms with E-state index in [2.05, 4.69) is 15.2 Å². The van der Waals surface area contributed by atoms with Crippen molar-refractivity contribution in [1.82, 2.24) is 4.98 Å². The fourth-order valence-electron chi connectivity index (χ4n) is 3.13. The molecule has 2 heterocycles. The molecule has 0 atom stereocenters. The minimum Gasteiger partial charge on any atom is -0.431 e. The molecule has 27 heavy (non-hydrogen) atoms. The van der Waals surface area contributed by atoms with Crippen molar-refractivity contribution in [3.8, 4) is 0 Å². The Morgan fingerprint density at radius 2 is 2.04 bits per heavy atom. The van der Waals surface area contributed by atoms with Crippen LogP contribution in [0.5, 0.6) is 0 Å². The lowest BCUT2D eigenvalue weighted by molar-refractivity contribution is -0.113. The number of amides is 1. The van der Waals surface area contributed by atoms with Crippen molar-refractivity contribution in [3.63, 3.8) is 0 Å². The molecule has 8 heteroatoms. The van der Waals surface area contributed by atoms with Crippen molar-refractivity contribution in [2.45, 2.75) is 18.1 Å². The predicted molar refractivity (Wildman–Crippen MR) is 111 cm³/mol. The molecule has 0 radical (unpaired) electrons. The SMILES string of the molecule is O=C(CSc1nc2cc(Cl)ccc2o1)Nc1cccc(Cl)c1N1CCCC1. The highest BCUT2D eigenvalue weighted by molar-refractivity contribution is 7.99. The molecular formula is C19H17Cl2N3O2S. The van der Waals surface area contributed by atoms with E-state index in [1.807, 2.05) is 18.2 Å². The Morgan fingerprint density at radius 1 is 1.22 bits per heavy atom. The molecule has 1 amide bonds. The maximum Gasteiger partial charge on any atom is 0.257 e. The average Bonchev–Trinajstić information content (AvgIpc) is 3.29. The molecule has 3 aromatic rings. The number of anilines is 2. The molecule has 1 saturated heterocycles. The van der Waals surface area contributed by atoms with Crippen LogP contribution in [0.3, 0.4) is 0 Å². The first kappa shape index (κ1) is 18.5. The van der Waals surface area contributed by atoms with Crippen molar-refractivity contribution in [1.29, 1.82) is 0 Å². The number of nitrogens with zero attached hydrogens (tertiary/aromatic N) is 2. The van der Waals surface area contributed by atoms with Crippen molar-refractivity contribution in [2.24, 2.45) is 0 Å². The summed E-state index contributed by atoms with van der Waals surface area (Å²) >= 11 is 13.6. The summed E-state index contributed by atoms with van der Waals surface area (Å²) in [5.41, 5.74) is 2.95. The maximum atomic E-state index is 12.4. The summed E-state index contributed by atoms with van der Waals surface area (Å²) in [6, 6.07) is 10.8. The molecule has 1 aliphatic heterocycles. The lowest BCUT2D eigenvalue weighted by atomic mass is 10.2. The summed E-state index contributed by atoms with van der Waals surface area (Å²) in [5, 5.41) is 4.65. The topological polar surface area (TPSA) is 58.4 Å². The number of halogens is 2. The number of oxazole rings is 1. The zero-order valence-electron chi connectivity index (χ0n) is 14.4. The van der Waals surface area contributed by atoms with Gasteiger partial charge in [-0.05, 0) is 43.2 Å². The minimum atomic E-state index is -0.136. The first-order chi connectivity index (χ1) is 13.1. The van der Waals surface area contributed by atoms with Gasteiger partial charge in [-0.15, -0.1) is 0 Å². The quantitative estimate of drug-likeness (QED) is 0.553. The molecule has 4 rings (SSSR count). The van der Waals surface area contributed by atoms with Crippen molar-refractivity contribution in [2.75, 3.05) is 29.1 Å². The number of para-hydroxylation sites is 1. The van der Waals surface area contributed by atoms with Crippen molar-refractivity contribution in [3.05, 3.63) is 46.4 Å². The summed E-state index contributed by atoms with van der Waals surface area (Å²) in [4.78, 5) is 19.0. The Kier molecular flexibility index (Phi) is 5.48. The van der Waals surface area contributed by atoms with E-state index in [1.54, 1.807) is 18.2 Å². The fourth-order valence-corrected chi connectivity index (χ4v) is 4.23. The maximum absolute atomic E-state index is 12.4. The molecule has 0 bridgehead atoms. The van der Waals surface area contributed by atoms with Gasteiger partial charge in [0.1, 0.15) is 5.52 Å². The third-order valence-electron chi connectivity index (χ3n) is 4.34. The second kappa shape index (κ2) is 8.00. The van der Waals surface area contributed by atoms with Crippen LogP contribution in [0.1, 0.15) is 12.8 Å². The average molecular weight is 422 g/mol. The Morgan fingerprint density at radius 3 is 2.85 bits per heavy atom. The zero-order chi connectivity index (χ0) is 18.8. The number of aromatic nitrogens is 1. The van der Waals surface area contributed by atoms with Gasteiger partial charge < -0.3 is 14.6 Å². The minimum absolute atomic E-state index is 0.136. The van der Waals surface area contributed by atoms with Gasteiger partial charge >= 0.3 is 0 Å². The molecule has 1 aromatic heterocycles. The number of fused-ring (bicyclic) bond motifs is 1. The highest BCUT2D eigenvalue weighted by Crippen LogP contribution is 2.36. The molecule has 0 aliphatic carbocycles. The first-order valence-electron chi connectivity index (χ1n) is 8.62. The number of hydrogen-bond acceptors (Lipinski definition) is 5. The van der Waals surface area contributed by atoms with Gasteiger partial charge in [-0.3, -0.25) is 4.79 Å². The predicted octanol–water partition coefficient (Wildman–Crippen LogP) is 5.47. The number of rotatable bonds is 5. The van der Waals surface area contributed by atoms with Crippen molar-refractivity contribution >= 4 is 63.3 Å². The van der Waals surface area contributed by atoms with Gasteiger partial charge in [-0.25, -0.2) is 4.98 Å². The van der Waals surface area contributed by atoms with Gasteiger partial charge in [0.05, 0.1) is 22.2 Å². The van der Waals surface area contributed by atoms with Gasteiger partial charge in [-0.2, -0.15) is 0 Å².